The molecule has 2 nitrogen and oxygen atoms in total. The standard InChI is InChI=1S/C55H34N2/c1-4-18-43(49-30-27-34-24-23-33-12-11-31-56-53(33)54(34)57-49)37(13-1)35-25-28-38-36(32-35)26-29-46-50-44-19-5-2-14-39(44)40-15-3-6-20-45(40)52(50)55(51(38)46)47-21-9-7-16-41(47)42-17-8-10-22-48(42)55/h1-32,54,57H. The van der Waals surface area contributed by atoms with Gasteiger partial charge in [-0.25, -0.2) is 0 Å². The van der Waals surface area contributed by atoms with Gasteiger partial charge in [0.1, 0.15) is 0 Å². The zero-order valence-electron chi connectivity index (χ0n) is 31.0. The van der Waals surface area contributed by atoms with E-state index in [0.29, 0.717) is 0 Å². The van der Waals surface area contributed by atoms with Gasteiger partial charge in [-0.3, -0.25) is 4.98 Å². The Hall–Kier alpha value is -7.29. The molecule has 1 atom stereocenters. The van der Waals surface area contributed by atoms with Crippen molar-refractivity contribution in [2.75, 3.05) is 0 Å². The minimum atomic E-state index is -0.486. The molecule has 0 saturated heterocycles. The third kappa shape index (κ3) is 4.01. The van der Waals surface area contributed by atoms with Gasteiger partial charge in [0.15, 0.2) is 0 Å². The third-order valence-electron chi connectivity index (χ3n) is 13.1. The molecule has 1 aliphatic heterocycles. The van der Waals surface area contributed by atoms with Crippen LogP contribution in [0.5, 0.6) is 0 Å². The summed E-state index contributed by atoms with van der Waals surface area (Å²) >= 11 is 0. The van der Waals surface area contributed by atoms with E-state index in [-0.39, 0.29) is 6.04 Å². The zero-order chi connectivity index (χ0) is 37.2. The minimum Gasteiger partial charge on any atom is -0.372 e. The number of dihydropyridines is 1. The number of pyridine rings is 1. The minimum absolute atomic E-state index is 0.0144. The van der Waals surface area contributed by atoms with Crippen molar-refractivity contribution >= 4 is 44.1 Å². The maximum atomic E-state index is 4.80. The molecule has 0 radical (unpaired) electrons. The maximum absolute atomic E-state index is 4.80. The molecule has 3 aliphatic carbocycles. The molecular weight excluding hydrogens is 689 g/mol. The summed E-state index contributed by atoms with van der Waals surface area (Å²) in [6.45, 7) is 0. The second-order valence-corrected chi connectivity index (χ2v) is 15.8. The molecule has 4 aliphatic rings. The van der Waals surface area contributed by atoms with Crippen molar-refractivity contribution in [3.8, 4) is 33.4 Å². The summed E-state index contributed by atoms with van der Waals surface area (Å²) in [5, 5.41) is 11.7. The summed E-state index contributed by atoms with van der Waals surface area (Å²) in [5.41, 5.74) is 18.5. The van der Waals surface area contributed by atoms with Crippen LogP contribution in [0.3, 0.4) is 0 Å². The molecule has 0 saturated carbocycles. The van der Waals surface area contributed by atoms with Crippen LogP contribution in [0.25, 0.3) is 77.5 Å². The average Bonchev–Trinajstić information content (AvgIpc) is 3.77. The Morgan fingerprint density at radius 3 is 1.93 bits per heavy atom. The lowest BCUT2D eigenvalue weighted by molar-refractivity contribution is 0.704. The second kappa shape index (κ2) is 11.4. The van der Waals surface area contributed by atoms with Crippen molar-refractivity contribution in [1.29, 1.82) is 0 Å². The predicted molar refractivity (Wildman–Crippen MR) is 236 cm³/mol. The quantitative estimate of drug-likeness (QED) is 0.180. The van der Waals surface area contributed by atoms with Crippen molar-refractivity contribution in [3.05, 3.63) is 233 Å². The number of benzene rings is 8. The summed E-state index contributed by atoms with van der Waals surface area (Å²) in [5.74, 6) is 0. The van der Waals surface area contributed by atoms with Gasteiger partial charge in [-0.1, -0.05) is 170 Å². The maximum Gasteiger partial charge on any atom is 0.0946 e. The number of hydrogen-bond acceptors (Lipinski definition) is 2. The molecular formula is C55H34N2. The lowest BCUT2D eigenvalue weighted by Crippen LogP contribution is -2.27. The zero-order valence-corrected chi connectivity index (χ0v) is 31.0. The van der Waals surface area contributed by atoms with Crippen LogP contribution in [0, 0.1) is 0 Å². The first-order valence-corrected chi connectivity index (χ1v) is 19.9. The summed E-state index contributed by atoms with van der Waals surface area (Å²) in [6, 6.07) is 61.4. The highest BCUT2D eigenvalue weighted by Gasteiger charge is 2.53. The van der Waals surface area contributed by atoms with Crippen molar-refractivity contribution in [2.24, 2.45) is 0 Å². The van der Waals surface area contributed by atoms with E-state index in [1.165, 1.54) is 99.1 Å². The molecule has 1 unspecified atom stereocenters. The number of nitrogens with zero attached hydrogens (tertiary/aromatic N) is 1. The molecule has 1 aromatic heterocycles. The summed E-state index contributed by atoms with van der Waals surface area (Å²) < 4.78 is 0. The van der Waals surface area contributed by atoms with Crippen LogP contribution >= 0.6 is 0 Å². The lowest BCUT2D eigenvalue weighted by atomic mass is 9.68. The van der Waals surface area contributed by atoms with Crippen molar-refractivity contribution in [1.82, 2.24) is 10.3 Å². The Kier molecular flexibility index (Phi) is 6.18. The van der Waals surface area contributed by atoms with Gasteiger partial charge in [0.2, 0.25) is 0 Å². The molecule has 8 aromatic carbocycles. The van der Waals surface area contributed by atoms with Gasteiger partial charge in [0.05, 0.1) is 17.2 Å². The molecule has 2 heterocycles. The van der Waals surface area contributed by atoms with Crippen molar-refractivity contribution in [2.45, 2.75) is 11.5 Å². The Bertz CT molecular complexity index is 3300. The highest BCUT2D eigenvalue weighted by Crippen LogP contribution is 2.66. The molecule has 0 fully saturated rings. The number of rotatable bonds is 2. The Labute approximate surface area is 330 Å². The smallest absolute Gasteiger partial charge is 0.0946 e. The predicted octanol–water partition coefficient (Wildman–Crippen LogP) is 13.2. The Morgan fingerprint density at radius 2 is 1.14 bits per heavy atom. The van der Waals surface area contributed by atoms with Crippen molar-refractivity contribution in [3.63, 3.8) is 0 Å². The average molecular weight is 723 g/mol. The highest BCUT2D eigenvalue weighted by atomic mass is 15.0. The van der Waals surface area contributed by atoms with Crippen LogP contribution in [0.4, 0.5) is 0 Å². The van der Waals surface area contributed by atoms with E-state index >= 15 is 0 Å². The van der Waals surface area contributed by atoms with E-state index in [0.717, 1.165) is 17.0 Å². The fourth-order valence-corrected chi connectivity index (χ4v) is 10.9. The third-order valence-corrected chi connectivity index (χ3v) is 13.1. The highest BCUT2D eigenvalue weighted by molar-refractivity contribution is 6.21. The van der Waals surface area contributed by atoms with Gasteiger partial charge in [-0.2, -0.15) is 0 Å². The van der Waals surface area contributed by atoms with Crippen LogP contribution in [0.2, 0.25) is 0 Å². The molecule has 264 valence electrons. The van der Waals surface area contributed by atoms with E-state index in [1.807, 2.05) is 12.3 Å². The Balaban J connectivity index is 1.06. The first kappa shape index (κ1) is 31.0. The molecule has 9 aromatic rings. The molecule has 0 bridgehead atoms. The molecule has 13 rings (SSSR count). The molecule has 0 amide bonds. The SMILES string of the molecule is C1=Cc2cccnc2C2NC(c3ccccc3-c3ccc4c5c(ccc4c3)-c3c(c4ccccc4c4ccccc34)C53c4ccccc4-c4ccccc43)=CC=C12. The number of hydrogen-bond donors (Lipinski definition) is 1. The van der Waals surface area contributed by atoms with Gasteiger partial charge in [0.25, 0.3) is 0 Å². The first-order chi connectivity index (χ1) is 28.3. The summed E-state index contributed by atoms with van der Waals surface area (Å²) in [4.78, 5) is 4.80. The fraction of sp³-hybridized carbons (Fsp3) is 0.0364. The van der Waals surface area contributed by atoms with E-state index < -0.39 is 5.41 Å². The molecule has 57 heavy (non-hydrogen) atoms. The van der Waals surface area contributed by atoms with Crippen LogP contribution in [-0.4, -0.2) is 4.98 Å². The van der Waals surface area contributed by atoms with Crippen LogP contribution in [0.15, 0.2) is 194 Å². The van der Waals surface area contributed by atoms with Gasteiger partial charge >= 0.3 is 0 Å². The van der Waals surface area contributed by atoms with Crippen LogP contribution in [-0.2, 0) is 5.41 Å². The van der Waals surface area contributed by atoms with E-state index in [9.17, 15) is 0 Å². The van der Waals surface area contributed by atoms with E-state index in [1.54, 1.807) is 0 Å². The lowest BCUT2D eigenvalue weighted by Gasteiger charge is -2.32. The number of aromatic nitrogens is 1. The van der Waals surface area contributed by atoms with Gasteiger partial charge in [-0.05, 0) is 117 Å². The first-order valence-electron chi connectivity index (χ1n) is 19.9. The number of fused-ring (bicyclic) bond motifs is 20. The normalized spacial score (nSPS) is 16.3. The topological polar surface area (TPSA) is 24.9 Å². The van der Waals surface area contributed by atoms with Gasteiger partial charge in [-0.15, -0.1) is 0 Å². The van der Waals surface area contributed by atoms with Crippen LogP contribution in [0.1, 0.15) is 45.1 Å². The van der Waals surface area contributed by atoms with E-state index in [4.69, 9.17) is 4.98 Å². The number of allylic oxidation sites excluding steroid dienone is 2. The molecule has 1 spiro atoms. The summed E-state index contributed by atoms with van der Waals surface area (Å²) in [7, 11) is 0. The largest absolute Gasteiger partial charge is 0.372 e. The monoisotopic (exact) mass is 722 g/mol. The van der Waals surface area contributed by atoms with Gasteiger partial charge in [0, 0.05) is 17.5 Å². The summed E-state index contributed by atoms with van der Waals surface area (Å²) in [6.07, 6.45) is 10.7. The Morgan fingerprint density at radius 1 is 0.474 bits per heavy atom. The number of nitrogens with one attached hydrogen (secondary N) is 1. The van der Waals surface area contributed by atoms with Crippen molar-refractivity contribution < 1.29 is 0 Å². The fourth-order valence-electron chi connectivity index (χ4n) is 10.9. The van der Waals surface area contributed by atoms with Crippen LogP contribution < -0.4 is 5.32 Å². The molecule has 1 N–H and O–H groups in total. The second-order valence-electron chi connectivity index (χ2n) is 15.8. The van der Waals surface area contributed by atoms with Gasteiger partial charge < -0.3 is 5.32 Å². The van der Waals surface area contributed by atoms with E-state index in [2.05, 4.69) is 187 Å². The molecule has 2 heteroatoms.